The Hall–Kier alpha value is -3.67. The Bertz CT molecular complexity index is 1290. The minimum Gasteiger partial charge on any atom is -0.506 e. The molecule has 2 atom stereocenters. The second-order valence-electron chi connectivity index (χ2n) is 7.90. The number of carbonyl (C=O) groups excluding carboxylic acids is 3. The summed E-state index contributed by atoms with van der Waals surface area (Å²) >= 11 is 6.68. The molecule has 198 valence electrons. The molecule has 0 aliphatic rings. The highest BCUT2D eigenvalue weighted by molar-refractivity contribution is 9.11. The zero-order valence-corrected chi connectivity index (χ0v) is 23.0. The molecule has 0 saturated carbocycles. The third-order valence-electron chi connectivity index (χ3n) is 5.22. The summed E-state index contributed by atoms with van der Waals surface area (Å²) in [6.07, 6.45) is 0.0598. The number of hydrogen-bond donors (Lipinski definition) is 4. The number of imide groups is 1. The van der Waals surface area contributed by atoms with Crippen LogP contribution in [0.2, 0.25) is 0 Å². The van der Waals surface area contributed by atoms with Crippen LogP contribution in [0.4, 0.5) is 4.79 Å². The molecular formula is C27H24Br2N2O7. The molecule has 3 rings (SSSR count). The number of rotatable bonds is 10. The van der Waals surface area contributed by atoms with E-state index in [-0.39, 0.29) is 29.7 Å². The Morgan fingerprint density at radius 1 is 0.974 bits per heavy atom. The van der Waals surface area contributed by atoms with Crippen molar-refractivity contribution in [3.05, 3.63) is 105 Å². The molecule has 0 radical (unpaired) electrons. The van der Waals surface area contributed by atoms with Gasteiger partial charge in [-0.2, -0.15) is 0 Å². The molecular weight excluding hydrogens is 624 g/mol. The van der Waals surface area contributed by atoms with Gasteiger partial charge in [0.15, 0.2) is 6.10 Å². The van der Waals surface area contributed by atoms with E-state index in [4.69, 9.17) is 14.7 Å². The molecule has 11 heteroatoms. The number of phenolic OH excluding ortho intramolecular Hbond substituents is 1. The van der Waals surface area contributed by atoms with E-state index in [1.165, 1.54) is 11.6 Å². The van der Waals surface area contributed by atoms with Gasteiger partial charge in [0.25, 0.3) is 11.8 Å². The predicted molar refractivity (Wildman–Crippen MR) is 146 cm³/mol. The van der Waals surface area contributed by atoms with Gasteiger partial charge >= 0.3 is 6.09 Å². The summed E-state index contributed by atoms with van der Waals surface area (Å²) in [5.74, 6) is -1.08. The van der Waals surface area contributed by atoms with E-state index in [1.54, 1.807) is 66.7 Å². The number of aromatic hydroxyl groups is 1. The quantitative estimate of drug-likeness (QED) is 0.124. The lowest BCUT2D eigenvalue weighted by molar-refractivity contribution is -0.124. The largest absolute Gasteiger partial charge is 0.506 e. The fourth-order valence-corrected chi connectivity index (χ4v) is 4.73. The Balaban J connectivity index is 1.94. The van der Waals surface area contributed by atoms with Crippen LogP contribution in [0.1, 0.15) is 34.9 Å². The van der Waals surface area contributed by atoms with Crippen LogP contribution in [-0.2, 0) is 9.53 Å². The average Bonchev–Trinajstić information content (AvgIpc) is 2.92. The predicted octanol–water partition coefficient (Wildman–Crippen LogP) is 5.81. The normalized spacial score (nSPS) is 12.4. The molecule has 0 aliphatic heterocycles. The second kappa shape index (κ2) is 14.3. The van der Waals surface area contributed by atoms with Crippen LogP contribution in [0, 0.1) is 0 Å². The van der Waals surface area contributed by atoms with Gasteiger partial charge in [0.05, 0.1) is 4.47 Å². The molecule has 0 heterocycles. The molecule has 4 N–H and O–H groups in total. The molecule has 0 aliphatic carbocycles. The van der Waals surface area contributed by atoms with Crippen molar-refractivity contribution in [2.24, 2.45) is 0 Å². The number of amides is 3. The number of para-hydroxylation sites is 1. The van der Waals surface area contributed by atoms with E-state index in [0.717, 1.165) is 6.08 Å². The fourth-order valence-electron chi connectivity index (χ4n) is 3.48. The van der Waals surface area contributed by atoms with Crippen molar-refractivity contribution >= 4 is 49.8 Å². The van der Waals surface area contributed by atoms with Crippen LogP contribution in [0.15, 0.2) is 93.9 Å². The number of hydroxylamine groups is 1. The number of nitrogens with one attached hydrogen (secondary N) is 2. The van der Waals surface area contributed by atoms with Gasteiger partial charge in [-0.25, -0.2) is 10.3 Å². The summed E-state index contributed by atoms with van der Waals surface area (Å²) in [6, 6.07) is 20.1. The molecule has 3 aromatic rings. The number of benzene rings is 3. The van der Waals surface area contributed by atoms with Crippen molar-refractivity contribution in [2.45, 2.75) is 25.0 Å². The van der Waals surface area contributed by atoms with Gasteiger partial charge in [0.1, 0.15) is 17.6 Å². The van der Waals surface area contributed by atoms with E-state index in [0.29, 0.717) is 14.7 Å². The second-order valence-corrected chi connectivity index (χ2v) is 9.67. The zero-order valence-electron chi connectivity index (χ0n) is 19.8. The van der Waals surface area contributed by atoms with Crippen molar-refractivity contribution < 1.29 is 34.2 Å². The van der Waals surface area contributed by atoms with Gasteiger partial charge in [-0.3, -0.25) is 20.1 Å². The third-order valence-corrected chi connectivity index (χ3v) is 6.28. The van der Waals surface area contributed by atoms with E-state index < -0.39 is 30.1 Å². The SMILES string of the molecule is O=C(/C=C/CC[C@H](Oc1ccccc1)[C@@H](OC(=O)NC(=O)c1ccccc1)c1cc(Br)cc(Br)c1O)NO. The number of alkyl carbamates (subject to hydrolysis) is 1. The van der Waals surface area contributed by atoms with Crippen LogP contribution in [-0.4, -0.2) is 34.3 Å². The van der Waals surface area contributed by atoms with Gasteiger partial charge in [0.2, 0.25) is 0 Å². The van der Waals surface area contributed by atoms with Crippen LogP contribution in [0.3, 0.4) is 0 Å². The Labute approximate surface area is 235 Å². The molecule has 9 nitrogen and oxygen atoms in total. The first-order chi connectivity index (χ1) is 18.3. The number of halogens is 2. The lowest BCUT2D eigenvalue weighted by Gasteiger charge is -2.29. The number of allylic oxidation sites excluding steroid dienone is 1. The molecule has 3 amide bonds. The first kappa shape index (κ1) is 28.9. The number of carbonyl (C=O) groups is 3. The maximum Gasteiger partial charge on any atom is 0.414 e. The summed E-state index contributed by atoms with van der Waals surface area (Å²) in [7, 11) is 0. The summed E-state index contributed by atoms with van der Waals surface area (Å²) in [5, 5.41) is 21.8. The molecule has 0 saturated heterocycles. The van der Waals surface area contributed by atoms with Gasteiger partial charge in [-0.1, -0.05) is 58.4 Å². The standard InChI is InChI=1S/C27H24Br2N2O7/c28-18-15-20(24(33)21(29)16-18)25(38-27(35)30-26(34)17-9-3-1-4-10-17)22(13-7-8-14-23(32)31-36)37-19-11-5-2-6-12-19/h1-6,8-12,14-16,22,25,33,36H,7,13H2,(H,31,32)(H,30,34,35)/b14-8+/t22-,25-/m0/s1. The Kier molecular flexibility index (Phi) is 10.9. The summed E-state index contributed by atoms with van der Waals surface area (Å²) < 4.78 is 12.8. The zero-order chi connectivity index (χ0) is 27.5. The number of hydrogen-bond acceptors (Lipinski definition) is 7. The average molecular weight is 648 g/mol. The first-order valence-corrected chi connectivity index (χ1v) is 12.9. The molecule has 0 fully saturated rings. The lowest BCUT2D eigenvalue weighted by Crippen LogP contribution is -2.36. The van der Waals surface area contributed by atoms with Crippen molar-refractivity contribution in [2.75, 3.05) is 0 Å². The smallest absolute Gasteiger partial charge is 0.414 e. The van der Waals surface area contributed by atoms with Gasteiger partial charge in [0, 0.05) is 21.7 Å². The van der Waals surface area contributed by atoms with E-state index in [1.807, 2.05) is 6.07 Å². The van der Waals surface area contributed by atoms with Crippen molar-refractivity contribution in [1.29, 1.82) is 0 Å². The van der Waals surface area contributed by atoms with E-state index in [2.05, 4.69) is 37.2 Å². The molecule has 0 unspecified atom stereocenters. The third kappa shape index (κ3) is 8.44. The molecule has 38 heavy (non-hydrogen) atoms. The van der Waals surface area contributed by atoms with Gasteiger partial charge in [-0.15, -0.1) is 0 Å². The minimum atomic E-state index is -1.19. The first-order valence-electron chi connectivity index (χ1n) is 11.4. The van der Waals surface area contributed by atoms with Crippen molar-refractivity contribution in [3.63, 3.8) is 0 Å². The van der Waals surface area contributed by atoms with E-state index >= 15 is 0 Å². The van der Waals surface area contributed by atoms with Crippen molar-refractivity contribution in [1.82, 2.24) is 10.8 Å². The van der Waals surface area contributed by atoms with Crippen LogP contribution >= 0.6 is 31.9 Å². The molecule has 0 spiro atoms. The molecule has 0 aromatic heterocycles. The Morgan fingerprint density at radius 3 is 2.29 bits per heavy atom. The van der Waals surface area contributed by atoms with E-state index in [9.17, 15) is 19.5 Å². The van der Waals surface area contributed by atoms with Gasteiger partial charge < -0.3 is 14.6 Å². The highest BCUT2D eigenvalue weighted by Crippen LogP contribution is 2.40. The Morgan fingerprint density at radius 2 is 1.63 bits per heavy atom. The lowest BCUT2D eigenvalue weighted by atomic mass is 9.99. The topological polar surface area (TPSA) is 134 Å². The fraction of sp³-hybridized carbons (Fsp3) is 0.148. The van der Waals surface area contributed by atoms with Crippen LogP contribution in [0.5, 0.6) is 11.5 Å². The summed E-state index contributed by atoms with van der Waals surface area (Å²) in [5.41, 5.74) is 1.99. The van der Waals surface area contributed by atoms with Crippen LogP contribution < -0.4 is 15.5 Å². The maximum absolute atomic E-state index is 12.9. The summed E-state index contributed by atoms with van der Waals surface area (Å²) in [6.45, 7) is 0. The molecule has 3 aromatic carbocycles. The molecule has 0 bridgehead atoms. The highest BCUT2D eigenvalue weighted by atomic mass is 79.9. The minimum absolute atomic E-state index is 0.183. The van der Waals surface area contributed by atoms with Crippen molar-refractivity contribution in [3.8, 4) is 11.5 Å². The van der Waals surface area contributed by atoms with Crippen LogP contribution in [0.25, 0.3) is 0 Å². The monoisotopic (exact) mass is 646 g/mol. The highest BCUT2D eigenvalue weighted by Gasteiger charge is 2.32. The summed E-state index contributed by atoms with van der Waals surface area (Å²) in [4.78, 5) is 36.8. The maximum atomic E-state index is 12.9. The number of phenols is 1. The van der Waals surface area contributed by atoms with Gasteiger partial charge in [-0.05, 0) is 65.2 Å². The number of ether oxygens (including phenoxy) is 2.